The van der Waals surface area contributed by atoms with Crippen LogP contribution in [0.3, 0.4) is 0 Å². The van der Waals surface area contributed by atoms with Crippen molar-refractivity contribution in [1.82, 2.24) is 0 Å². The van der Waals surface area contributed by atoms with Crippen LogP contribution in [0, 0.1) is 0 Å². The number of carbonyl (C=O) groups is 2. The summed E-state index contributed by atoms with van der Waals surface area (Å²) in [5.41, 5.74) is 3.33. The van der Waals surface area contributed by atoms with Gasteiger partial charge in [0.2, 0.25) is 0 Å². The van der Waals surface area contributed by atoms with Gasteiger partial charge in [0.25, 0.3) is 0 Å². The van der Waals surface area contributed by atoms with E-state index in [1.165, 1.54) is 25.4 Å². The van der Waals surface area contributed by atoms with Crippen molar-refractivity contribution in [3.63, 3.8) is 0 Å². The highest BCUT2D eigenvalue weighted by Gasteiger charge is 2.53. The summed E-state index contributed by atoms with van der Waals surface area (Å²) in [5.74, 6) is -0.319. The summed E-state index contributed by atoms with van der Waals surface area (Å²) < 4.78 is 9.74. The van der Waals surface area contributed by atoms with Gasteiger partial charge in [-0.2, -0.15) is 0 Å². The van der Waals surface area contributed by atoms with Crippen LogP contribution >= 0.6 is 19.5 Å². The predicted molar refractivity (Wildman–Crippen MR) is 79.5 cm³/mol. The Labute approximate surface area is 124 Å². The SMILES string of the molecule is COC(=O)C1=C(C(=O)OC)C2C(C)=C(C)C1P2CCCl. The summed E-state index contributed by atoms with van der Waals surface area (Å²) in [5, 5.41) is 0. The van der Waals surface area contributed by atoms with Crippen LogP contribution in [0.4, 0.5) is 0 Å². The number of carbonyl (C=O) groups excluding carboxylic acids is 2. The maximum Gasteiger partial charge on any atom is 0.335 e. The summed E-state index contributed by atoms with van der Waals surface area (Å²) in [4.78, 5) is 24.2. The van der Waals surface area contributed by atoms with Gasteiger partial charge in [-0.1, -0.05) is 19.1 Å². The number of ether oxygens (including phenoxy) is 2. The summed E-state index contributed by atoms with van der Waals surface area (Å²) in [6, 6.07) is 0. The normalized spacial score (nSPS) is 28.1. The van der Waals surface area contributed by atoms with Crippen LogP contribution < -0.4 is 0 Å². The van der Waals surface area contributed by atoms with E-state index in [9.17, 15) is 9.59 Å². The Bertz CT molecular complexity index is 481. The van der Waals surface area contributed by atoms with Gasteiger partial charge in [0.05, 0.1) is 25.4 Å². The van der Waals surface area contributed by atoms with Crippen LogP contribution in [-0.4, -0.2) is 49.5 Å². The number of fused-ring (bicyclic) bond motifs is 2. The number of hydrogen-bond donors (Lipinski definition) is 0. The van der Waals surface area contributed by atoms with Crippen molar-refractivity contribution in [3.8, 4) is 0 Å². The second-order valence-corrected chi connectivity index (χ2v) is 7.79. The molecule has 2 atom stereocenters. The van der Waals surface area contributed by atoms with Gasteiger partial charge in [-0.3, -0.25) is 0 Å². The lowest BCUT2D eigenvalue weighted by Crippen LogP contribution is -2.24. The second kappa shape index (κ2) is 5.87. The van der Waals surface area contributed by atoms with Crippen LogP contribution in [0.25, 0.3) is 0 Å². The van der Waals surface area contributed by atoms with Gasteiger partial charge >= 0.3 is 11.9 Å². The highest BCUT2D eigenvalue weighted by molar-refractivity contribution is 7.61. The summed E-state index contributed by atoms with van der Waals surface area (Å²) in [7, 11) is 2.11. The molecule has 0 aliphatic carbocycles. The molecule has 2 bridgehead atoms. The third-order valence-electron chi connectivity index (χ3n) is 4.10. The molecule has 20 heavy (non-hydrogen) atoms. The molecule has 2 unspecified atom stereocenters. The Morgan fingerprint density at radius 2 is 1.45 bits per heavy atom. The Balaban J connectivity index is 2.53. The fourth-order valence-electron chi connectivity index (χ4n) is 3.16. The van der Waals surface area contributed by atoms with Crippen molar-refractivity contribution in [2.75, 3.05) is 26.3 Å². The molecule has 110 valence electrons. The van der Waals surface area contributed by atoms with Gasteiger partial charge in [-0.05, 0) is 20.0 Å². The fourth-order valence-corrected chi connectivity index (χ4v) is 7.31. The van der Waals surface area contributed by atoms with Gasteiger partial charge in [0.1, 0.15) is 0 Å². The molecular formula is C14H18ClO4P. The lowest BCUT2D eigenvalue weighted by atomic mass is 9.87. The number of hydrogen-bond acceptors (Lipinski definition) is 4. The topological polar surface area (TPSA) is 52.6 Å². The average Bonchev–Trinajstić information content (AvgIpc) is 2.89. The van der Waals surface area contributed by atoms with Gasteiger partial charge in [-0.25, -0.2) is 9.59 Å². The van der Waals surface area contributed by atoms with Crippen molar-refractivity contribution in [2.45, 2.75) is 25.2 Å². The lowest BCUT2D eigenvalue weighted by molar-refractivity contribution is -0.139. The maximum absolute atomic E-state index is 12.1. The van der Waals surface area contributed by atoms with Crippen molar-refractivity contribution in [2.24, 2.45) is 0 Å². The molecule has 0 fully saturated rings. The molecule has 2 aliphatic rings. The summed E-state index contributed by atoms with van der Waals surface area (Å²) >= 11 is 5.90. The van der Waals surface area contributed by atoms with Crippen LogP contribution in [0.2, 0.25) is 0 Å². The lowest BCUT2D eigenvalue weighted by Gasteiger charge is -2.18. The molecule has 0 saturated heterocycles. The quantitative estimate of drug-likeness (QED) is 0.346. The maximum atomic E-state index is 12.1. The van der Waals surface area contributed by atoms with E-state index < -0.39 is 19.9 Å². The molecule has 4 nitrogen and oxygen atoms in total. The van der Waals surface area contributed by atoms with Crippen molar-refractivity contribution >= 4 is 31.5 Å². The molecule has 2 rings (SSSR count). The Morgan fingerprint density at radius 3 is 1.75 bits per heavy atom. The Morgan fingerprint density at radius 1 is 1.05 bits per heavy atom. The predicted octanol–water partition coefficient (Wildman–Crippen LogP) is 2.45. The smallest absolute Gasteiger partial charge is 0.335 e. The van der Waals surface area contributed by atoms with E-state index in [1.807, 2.05) is 13.8 Å². The minimum absolute atomic E-state index is 0.00435. The molecular weight excluding hydrogens is 299 g/mol. The fraction of sp³-hybridized carbons (Fsp3) is 0.571. The monoisotopic (exact) mass is 316 g/mol. The van der Waals surface area contributed by atoms with Gasteiger partial charge in [-0.15, -0.1) is 11.6 Å². The first-order valence-electron chi connectivity index (χ1n) is 6.39. The first-order valence-corrected chi connectivity index (χ1v) is 8.59. The van der Waals surface area contributed by atoms with Crippen LogP contribution in [0.1, 0.15) is 13.8 Å². The van der Waals surface area contributed by atoms with Crippen LogP contribution in [-0.2, 0) is 19.1 Å². The minimum Gasteiger partial charge on any atom is -0.466 e. The van der Waals surface area contributed by atoms with Gasteiger partial charge < -0.3 is 9.47 Å². The van der Waals surface area contributed by atoms with Crippen molar-refractivity contribution in [1.29, 1.82) is 0 Å². The Kier molecular flexibility index (Phi) is 4.55. The standard InChI is InChI=1S/C14H18ClO4P/c1-7-8(2)12-10(14(17)19-4)9(13(16)18-3)11(7)20(12)6-5-15/h11-12H,5-6H2,1-4H3. The van der Waals surface area contributed by atoms with Crippen molar-refractivity contribution < 1.29 is 19.1 Å². The average molecular weight is 317 g/mol. The third kappa shape index (κ3) is 2.10. The zero-order valence-electron chi connectivity index (χ0n) is 12.0. The van der Waals surface area contributed by atoms with Crippen molar-refractivity contribution in [3.05, 3.63) is 22.3 Å². The largest absolute Gasteiger partial charge is 0.466 e. The minimum atomic E-state index is -0.572. The summed E-state index contributed by atoms with van der Waals surface area (Å²) in [6.07, 6.45) is 0.821. The molecule has 0 radical (unpaired) electrons. The molecule has 6 heteroatoms. The highest BCUT2D eigenvalue weighted by atomic mass is 35.5. The molecule has 0 amide bonds. The number of esters is 2. The number of rotatable bonds is 4. The van der Waals surface area contributed by atoms with Crippen LogP contribution in [0.15, 0.2) is 22.3 Å². The molecule has 2 heterocycles. The molecule has 0 aromatic rings. The molecule has 2 aliphatic heterocycles. The van der Waals surface area contributed by atoms with E-state index >= 15 is 0 Å². The van der Waals surface area contributed by atoms with Crippen LogP contribution in [0.5, 0.6) is 0 Å². The van der Waals surface area contributed by atoms with Gasteiger partial charge in [0, 0.05) is 17.2 Å². The molecule has 0 aromatic carbocycles. The Hall–Kier alpha value is -0.860. The summed E-state index contributed by atoms with van der Waals surface area (Å²) in [6.45, 7) is 4.06. The highest BCUT2D eigenvalue weighted by Crippen LogP contribution is 2.67. The molecule has 0 aromatic heterocycles. The molecule has 0 N–H and O–H groups in total. The van der Waals surface area contributed by atoms with E-state index in [0.717, 1.165) is 6.16 Å². The molecule has 0 spiro atoms. The zero-order chi connectivity index (χ0) is 15.0. The first kappa shape index (κ1) is 15.5. The second-order valence-electron chi connectivity index (χ2n) is 4.91. The first-order chi connectivity index (χ1) is 9.49. The van der Waals surface area contributed by atoms with E-state index in [0.29, 0.717) is 17.0 Å². The zero-order valence-corrected chi connectivity index (χ0v) is 13.7. The third-order valence-corrected chi connectivity index (χ3v) is 7.91. The van der Waals surface area contributed by atoms with Gasteiger partial charge in [0.15, 0.2) is 0 Å². The molecule has 0 saturated carbocycles. The number of alkyl halides is 1. The number of halogens is 1. The van der Waals surface area contributed by atoms with E-state index in [-0.39, 0.29) is 11.3 Å². The number of allylic oxidation sites excluding steroid dienone is 2. The van der Waals surface area contributed by atoms with E-state index in [2.05, 4.69) is 0 Å². The number of methoxy groups -OCH3 is 2. The van der Waals surface area contributed by atoms with E-state index in [4.69, 9.17) is 21.1 Å². The van der Waals surface area contributed by atoms with E-state index in [1.54, 1.807) is 0 Å².